The van der Waals surface area contributed by atoms with E-state index in [1.54, 1.807) is 11.3 Å². The largest absolute Gasteiger partial charge is 0.309 e. The van der Waals surface area contributed by atoms with Gasteiger partial charge < -0.3 is 5.32 Å². The summed E-state index contributed by atoms with van der Waals surface area (Å²) in [6, 6.07) is 2.48. The van der Waals surface area contributed by atoms with Crippen molar-refractivity contribution >= 4 is 21.4 Å². The Labute approximate surface area is 131 Å². The third-order valence-corrected chi connectivity index (χ3v) is 7.19. The molecule has 4 nitrogen and oxygen atoms in total. The Bertz CT molecular complexity index is 587. The Morgan fingerprint density at radius 3 is 2.67 bits per heavy atom. The molecule has 1 heterocycles. The fraction of sp³-hybridized carbons (Fsp3) is 0.733. The molecule has 2 aliphatic carbocycles. The predicted molar refractivity (Wildman–Crippen MR) is 86.1 cm³/mol. The van der Waals surface area contributed by atoms with Crippen LogP contribution >= 0.6 is 11.3 Å². The van der Waals surface area contributed by atoms with E-state index in [0.717, 1.165) is 28.6 Å². The van der Waals surface area contributed by atoms with E-state index in [-0.39, 0.29) is 0 Å². The van der Waals surface area contributed by atoms with Crippen molar-refractivity contribution in [1.82, 2.24) is 10.0 Å². The van der Waals surface area contributed by atoms with Crippen molar-refractivity contribution in [1.29, 1.82) is 0 Å². The van der Waals surface area contributed by atoms with Crippen LogP contribution in [0.1, 0.15) is 48.3 Å². The molecule has 0 atom stereocenters. The first-order chi connectivity index (χ1) is 10.0. The van der Waals surface area contributed by atoms with Gasteiger partial charge in [-0.1, -0.05) is 19.3 Å². The molecule has 118 valence electrons. The Kier molecular flexibility index (Phi) is 4.69. The van der Waals surface area contributed by atoms with E-state index in [1.165, 1.54) is 32.1 Å². The summed E-state index contributed by atoms with van der Waals surface area (Å²) in [6.45, 7) is 3.25. The lowest BCUT2D eigenvalue weighted by molar-refractivity contribution is 0.297. The average Bonchev–Trinajstić information content (AvgIpc) is 3.12. The maximum absolute atomic E-state index is 12.4. The summed E-state index contributed by atoms with van der Waals surface area (Å²) in [5.41, 5.74) is 0. The van der Waals surface area contributed by atoms with Gasteiger partial charge in [0.05, 0.1) is 4.90 Å². The zero-order valence-corrected chi connectivity index (χ0v) is 14.2. The van der Waals surface area contributed by atoms with Crippen molar-refractivity contribution in [3.8, 4) is 0 Å². The minimum absolute atomic E-state index is 0.466. The van der Waals surface area contributed by atoms with E-state index < -0.39 is 10.0 Å². The van der Waals surface area contributed by atoms with Crippen LogP contribution in [0.3, 0.4) is 0 Å². The van der Waals surface area contributed by atoms with Crippen LogP contribution in [0.5, 0.6) is 0 Å². The van der Waals surface area contributed by atoms with Gasteiger partial charge in [0.2, 0.25) is 10.0 Å². The lowest BCUT2D eigenvalue weighted by Gasteiger charge is -2.25. The zero-order valence-electron chi connectivity index (χ0n) is 12.5. The molecule has 1 aromatic rings. The second-order valence-electron chi connectivity index (χ2n) is 6.27. The van der Waals surface area contributed by atoms with E-state index in [9.17, 15) is 8.42 Å². The van der Waals surface area contributed by atoms with Gasteiger partial charge in [0.1, 0.15) is 0 Å². The predicted octanol–water partition coefficient (Wildman–Crippen LogP) is 2.78. The van der Waals surface area contributed by atoms with Crippen LogP contribution in [0.15, 0.2) is 11.0 Å². The highest BCUT2D eigenvalue weighted by Crippen LogP contribution is 2.30. The van der Waals surface area contributed by atoms with Gasteiger partial charge in [-0.3, -0.25) is 0 Å². The fourth-order valence-corrected chi connectivity index (χ4v) is 5.30. The van der Waals surface area contributed by atoms with Gasteiger partial charge in [0.25, 0.3) is 0 Å². The van der Waals surface area contributed by atoms with Crippen LogP contribution in [0.25, 0.3) is 0 Å². The SMILES string of the molecule is Cc1sc(CNC2CC2)cc1S(=O)(=O)NCCC1CCC1. The number of nitrogens with one attached hydrogen (secondary N) is 2. The molecular weight excluding hydrogens is 304 g/mol. The Morgan fingerprint density at radius 1 is 1.29 bits per heavy atom. The van der Waals surface area contributed by atoms with Gasteiger partial charge in [-0.15, -0.1) is 11.3 Å². The van der Waals surface area contributed by atoms with Gasteiger partial charge in [-0.2, -0.15) is 0 Å². The smallest absolute Gasteiger partial charge is 0.241 e. The summed E-state index contributed by atoms with van der Waals surface area (Å²) in [4.78, 5) is 2.46. The molecule has 6 heteroatoms. The first kappa shape index (κ1) is 15.5. The summed E-state index contributed by atoms with van der Waals surface area (Å²) in [6.07, 6.45) is 7.29. The molecule has 2 fully saturated rings. The highest BCUT2D eigenvalue weighted by Gasteiger charge is 2.23. The first-order valence-electron chi connectivity index (χ1n) is 7.87. The van der Waals surface area contributed by atoms with E-state index in [0.29, 0.717) is 17.5 Å². The topological polar surface area (TPSA) is 58.2 Å². The number of thiophene rings is 1. The Balaban J connectivity index is 1.57. The number of aryl methyl sites for hydroxylation is 1. The molecule has 2 N–H and O–H groups in total. The summed E-state index contributed by atoms with van der Waals surface area (Å²) in [7, 11) is -3.34. The quantitative estimate of drug-likeness (QED) is 0.771. The molecule has 0 spiro atoms. The monoisotopic (exact) mass is 328 g/mol. The molecule has 0 amide bonds. The minimum atomic E-state index is -3.34. The van der Waals surface area contributed by atoms with Crippen LogP contribution in [0, 0.1) is 12.8 Å². The van der Waals surface area contributed by atoms with Crippen molar-refractivity contribution in [2.75, 3.05) is 6.54 Å². The molecule has 0 aromatic carbocycles. The molecule has 0 unspecified atom stereocenters. The van der Waals surface area contributed by atoms with Crippen LogP contribution in [0.4, 0.5) is 0 Å². The third kappa shape index (κ3) is 4.06. The Morgan fingerprint density at radius 2 is 2.05 bits per heavy atom. The van der Waals surface area contributed by atoms with Crippen molar-refractivity contribution in [2.45, 2.75) is 62.9 Å². The molecule has 3 rings (SSSR count). The molecule has 0 aliphatic heterocycles. The molecule has 0 saturated heterocycles. The first-order valence-corrected chi connectivity index (χ1v) is 10.2. The van der Waals surface area contributed by atoms with Gasteiger partial charge >= 0.3 is 0 Å². The molecule has 0 bridgehead atoms. The second kappa shape index (κ2) is 6.36. The molecule has 0 radical (unpaired) electrons. The lowest BCUT2D eigenvalue weighted by atomic mass is 9.83. The lowest BCUT2D eigenvalue weighted by Crippen LogP contribution is -2.27. The average molecular weight is 329 g/mol. The van der Waals surface area contributed by atoms with E-state index in [1.807, 2.05) is 13.0 Å². The minimum Gasteiger partial charge on any atom is -0.309 e. The number of rotatable bonds is 8. The highest BCUT2D eigenvalue weighted by atomic mass is 32.2. The molecule has 2 aliphatic rings. The Hall–Kier alpha value is -0.430. The molecular formula is C15H24N2O2S2. The number of hydrogen-bond acceptors (Lipinski definition) is 4. The van der Waals surface area contributed by atoms with Crippen molar-refractivity contribution in [3.05, 3.63) is 15.8 Å². The second-order valence-corrected chi connectivity index (χ2v) is 9.35. The van der Waals surface area contributed by atoms with E-state index in [4.69, 9.17) is 0 Å². The van der Waals surface area contributed by atoms with Crippen LogP contribution in [-0.2, 0) is 16.6 Å². The summed E-state index contributed by atoms with van der Waals surface area (Å²) in [5.74, 6) is 0.731. The zero-order chi connectivity index (χ0) is 14.9. The molecule has 2 saturated carbocycles. The third-order valence-electron chi connectivity index (χ3n) is 4.42. The van der Waals surface area contributed by atoms with Crippen LogP contribution in [-0.4, -0.2) is 21.0 Å². The standard InChI is InChI=1S/C15H24N2O2S2/c1-11-15(9-14(20-11)10-16-13-5-6-13)21(18,19)17-8-7-12-3-2-4-12/h9,12-13,16-17H,2-8,10H2,1H3. The van der Waals surface area contributed by atoms with E-state index in [2.05, 4.69) is 10.0 Å². The highest BCUT2D eigenvalue weighted by molar-refractivity contribution is 7.89. The fourth-order valence-electron chi connectivity index (χ4n) is 2.67. The van der Waals surface area contributed by atoms with Crippen LogP contribution in [0.2, 0.25) is 0 Å². The van der Waals surface area contributed by atoms with Gasteiger partial charge in [0, 0.05) is 28.9 Å². The molecule has 1 aromatic heterocycles. The van der Waals surface area contributed by atoms with Crippen molar-refractivity contribution < 1.29 is 8.42 Å². The maximum atomic E-state index is 12.4. The van der Waals surface area contributed by atoms with Crippen molar-refractivity contribution in [3.63, 3.8) is 0 Å². The number of sulfonamides is 1. The van der Waals surface area contributed by atoms with Gasteiger partial charge in [-0.05, 0) is 38.2 Å². The van der Waals surface area contributed by atoms with E-state index >= 15 is 0 Å². The van der Waals surface area contributed by atoms with Gasteiger partial charge in [0.15, 0.2) is 0 Å². The molecule has 21 heavy (non-hydrogen) atoms. The van der Waals surface area contributed by atoms with Crippen molar-refractivity contribution in [2.24, 2.45) is 5.92 Å². The van der Waals surface area contributed by atoms with Crippen LogP contribution < -0.4 is 10.0 Å². The summed E-state index contributed by atoms with van der Waals surface area (Å²) < 4.78 is 27.5. The maximum Gasteiger partial charge on any atom is 0.241 e. The summed E-state index contributed by atoms with van der Waals surface area (Å²) in [5, 5.41) is 3.43. The van der Waals surface area contributed by atoms with Gasteiger partial charge in [-0.25, -0.2) is 13.1 Å². The normalized spacial score (nSPS) is 19.7. The number of hydrogen-bond donors (Lipinski definition) is 2. The summed E-state index contributed by atoms with van der Waals surface area (Å²) >= 11 is 1.58.